The Hall–Kier alpha value is -7.94. The number of anilines is 3. The zero-order valence-corrected chi connectivity index (χ0v) is 37.8. The predicted molar refractivity (Wildman–Crippen MR) is 279 cm³/mol. The molecule has 0 bridgehead atoms. The van der Waals surface area contributed by atoms with Gasteiger partial charge in [0.25, 0.3) is 0 Å². The van der Waals surface area contributed by atoms with Crippen LogP contribution in [-0.4, -0.2) is 4.57 Å². The molecule has 1 aromatic heterocycles. The van der Waals surface area contributed by atoms with Gasteiger partial charge in [0.15, 0.2) is 0 Å². The van der Waals surface area contributed by atoms with Gasteiger partial charge in [-0.15, -0.1) is 0 Å². The predicted octanol–water partition coefficient (Wildman–Crippen LogP) is 17.2. The summed E-state index contributed by atoms with van der Waals surface area (Å²) in [6.45, 7) is 9.46. The van der Waals surface area contributed by atoms with E-state index in [9.17, 15) is 0 Å². The Morgan fingerprint density at radius 2 is 0.833 bits per heavy atom. The van der Waals surface area contributed by atoms with Crippen molar-refractivity contribution in [3.63, 3.8) is 0 Å². The van der Waals surface area contributed by atoms with E-state index in [2.05, 4.69) is 268 Å². The standard InChI is InChI=1S/C64H50N2/c1-63(2)56-26-16-14-24-51(56)53-38-35-49(41-58(53)63)65(50-36-39-54-52-25-15-17-27-57(52)64(3,4)59(54)42-50)48-33-30-43(31-34-48)28-29-44-32-37-55-60(40-44)66(47-22-12-7-13-23-47)62(46-20-10-6-11-21-46)61(55)45-18-8-5-9-19-45/h5-42H,1-4H3. The van der Waals surface area contributed by atoms with Crippen LogP contribution in [0.4, 0.5) is 17.1 Å². The summed E-state index contributed by atoms with van der Waals surface area (Å²) < 4.78 is 2.44. The minimum atomic E-state index is -0.109. The first kappa shape index (κ1) is 39.6. The summed E-state index contributed by atoms with van der Waals surface area (Å²) in [6, 6.07) is 80.3. The Labute approximate surface area is 388 Å². The fourth-order valence-electron chi connectivity index (χ4n) is 11.1. The third-order valence-corrected chi connectivity index (χ3v) is 14.4. The number of nitrogens with zero attached hydrogens (tertiary/aromatic N) is 2. The third kappa shape index (κ3) is 6.31. The van der Waals surface area contributed by atoms with Crippen LogP contribution in [0.5, 0.6) is 0 Å². The Bertz CT molecular complexity index is 3390. The molecular formula is C64H50N2. The fourth-order valence-corrected chi connectivity index (χ4v) is 11.1. The monoisotopic (exact) mass is 846 g/mol. The van der Waals surface area contributed by atoms with Gasteiger partial charge in [-0.1, -0.05) is 204 Å². The molecule has 10 aromatic rings. The normalized spacial score (nSPS) is 13.9. The van der Waals surface area contributed by atoms with E-state index in [0.29, 0.717) is 0 Å². The molecule has 0 fully saturated rings. The molecule has 2 aliphatic rings. The summed E-state index contributed by atoms with van der Waals surface area (Å²) in [4.78, 5) is 2.45. The van der Waals surface area contributed by atoms with Crippen LogP contribution < -0.4 is 4.90 Å². The largest absolute Gasteiger partial charge is 0.310 e. The molecule has 9 aromatic carbocycles. The van der Waals surface area contributed by atoms with Crippen molar-refractivity contribution in [1.29, 1.82) is 0 Å². The van der Waals surface area contributed by atoms with Crippen LogP contribution in [-0.2, 0) is 10.8 Å². The second kappa shape index (κ2) is 15.4. The zero-order valence-electron chi connectivity index (χ0n) is 37.8. The summed E-state index contributed by atoms with van der Waals surface area (Å²) in [7, 11) is 0. The van der Waals surface area contributed by atoms with E-state index in [1.165, 1.54) is 77.8 Å². The second-order valence-electron chi connectivity index (χ2n) is 19.0. The molecule has 0 unspecified atom stereocenters. The van der Waals surface area contributed by atoms with Crippen LogP contribution in [0, 0.1) is 0 Å². The van der Waals surface area contributed by atoms with Crippen LogP contribution >= 0.6 is 0 Å². The number of hydrogen-bond donors (Lipinski definition) is 0. The van der Waals surface area contributed by atoms with Crippen molar-refractivity contribution in [2.75, 3.05) is 4.90 Å². The Morgan fingerprint density at radius 1 is 0.379 bits per heavy atom. The molecule has 0 N–H and O–H groups in total. The molecule has 316 valence electrons. The highest BCUT2D eigenvalue weighted by molar-refractivity contribution is 6.06. The first-order valence-corrected chi connectivity index (χ1v) is 23.2. The molecular weight excluding hydrogens is 797 g/mol. The first-order valence-electron chi connectivity index (χ1n) is 23.2. The molecule has 12 rings (SSSR count). The van der Waals surface area contributed by atoms with Gasteiger partial charge >= 0.3 is 0 Å². The molecule has 2 nitrogen and oxygen atoms in total. The van der Waals surface area contributed by atoms with Gasteiger partial charge in [0.05, 0.1) is 11.2 Å². The lowest BCUT2D eigenvalue weighted by Crippen LogP contribution is -2.18. The smallest absolute Gasteiger partial charge is 0.0619 e. The number of fused-ring (bicyclic) bond motifs is 7. The minimum Gasteiger partial charge on any atom is -0.310 e. The first-order chi connectivity index (χ1) is 32.3. The number of rotatable bonds is 8. The van der Waals surface area contributed by atoms with Crippen molar-refractivity contribution >= 4 is 40.1 Å². The van der Waals surface area contributed by atoms with Gasteiger partial charge in [0.1, 0.15) is 0 Å². The number of benzene rings is 9. The van der Waals surface area contributed by atoms with E-state index in [-0.39, 0.29) is 10.8 Å². The Morgan fingerprint density at radius 3 is 1.41 bits per heavy atom. The van der Waals surface area contributed by atoms with Crippen molar-refractivity contribution in [3.8, 4) is 50.3 Å². The van der Waals surface area contributed by atoms with Crippen LogP contribution in [0.1, 0.15) is 61.1 Å². The lowest BCUT2D eigenvalue weighted by molar-refractivity contribution is 0.660. The van der Waals surface area contributed by atoms with E-state index in [1.54, 1.807) is 0 Å². The van der Waals surface area contributed by atoms with E-state index < -0.39 is 0 Å². The molecule has 2 heteroatoms. The summed E-state index contributed by atoms with van der Waals surface area (Å²) >= 11 is 0. The average molecular weight is 847 g/mol. The number of hydrogen-bond acceptors (Lipinski definition) is 1. The van der Waals surface area contributed by atoms with Crippen molar-refractivity contribution in [3.05, 3.63) is 252 Å². The maximum absolute atomic E-state index is 2.45. The maximum Gasteiger partial charge on any atom is 0.0619 e. The Balaban J connectivity index is 0.946. The van der Waals surface area contributed by atoms with E-state index in [1.807, 2.05) is 0 Å². The molecule has 0 aliphatic heterocycles. The highest BCUT2D eigenvalue weighted by atomic mass is 15.1. The van der Waals surface area contributed by atoms with Crippen LogP contribution in [0.15, 0.2) is 218 Å². The fraction of sp³-hybridized carbons (Fsp3) is 0.0938. The highest BCUT2D eigenvalue weighted by Gasteiger charge is 2.37. The van der Waals surface area contributed by atoms with E-state index in [4.69, 9.17) is 0 Å². The van der Waals surface area contributed by atoms with Gasteiger partial charge in [-0.05, 0) is 121 Å². The topological polar surface area (TPSA) is 8.17 Å². The van der Waals surface area contributed by atoms with Gasteiger partial charge in [-0.3, -0.25) is 0 Å². The highest BCUT2D eigenvalue weighted by Crippen LogP contribution is 2.53. The van der Waals surface area contributed by atoms with Crippen LogP contribution in [0.25, 0.3) is 73.4 Å². The number of para-hydroxylation sites is 1. The molecule has 66 heavy (non-hydrogen) atoms. The van der Waals surface area contributed by atoms with Crippen molar-refractivity contribution in [2.24, 2.45) is 0 Å². The molecule has 0 spiro atoms. The van der Waals surface area contributed by atoms with Crippen LogP contribution in [0.2, 0.25) is 0 Å². The summed E-state index contributed by atoms with van der Waals surface area (Å²) in [5.41, 5.74) is 23.5. The summed E-state index contributed by atoms with van der Waals surface area (Å²) in [5.74, 6) is 0. The SMILES string of the molecule is CC1(C)c2ccccc2-c2ccc(N(c3ccc(C=Cc4ccc5c(-c6ccccc6)c(-c6ccccc6)n(-c6ccccc6)c5c4)cc3)c3ccc4c(c3)C(C)(C)c3ccccc3-4)cc21. The van der Waals surface area contributed by atoms with Gasteiger partial charge in [0, 0.05) is 44.5 Å². The van der Waals surface area contributed by atoms with Gasteiger partial charge < -0.3 is 9.47 Å². The molecule has 2 aliphatic carbocycles. The average Bonchev–Trinajstić information content (AvgIpc) is 3.91. The molecule has 0 saturated heterocycles. The van der Waals surface area contributed by atoms with E-state index in [0.717, 1.165) is 33.9 Å². The lowest BCUT2D eigenvalue weighted by atomic mass is 9.82. The lowest BCUT2D eigenvalue weighted by Gasteiger charge is -2.29. The van der Waals surface area contributed by atoms with Gasteiger partial charge in [0.2, 0.25) is 0 Å². The quantitative estimate of drug-likeness (QED) is 0.138. The number of aromatic nitrogens is 1. The molecule has 0 radical (unpaired) electrons. The summed E-state index contributed by atoms with van der Waals surface area (Å²) in [5, 5.41) is 1.23. The minimum absolute atomic E-state index is 0.109. The summed E-state index contributed by atoms with van der Waals surface area (Å²) in [6.07, 6.45) is 4.49. The zero-order chi connectivity index (χ0) is 44.6. The van der Waals surface area contributed by atoms with Crippen molar-refractivity contribution in [2.45, 2.75) is 38.5 Å². The van der Waals surface area contributed by atoms with Crippen molar-refractivity contribution in [1.82, 2.24) is 4.57 Å². The van der Waals surface area contributed by atoms with Crippen LogP contribution in [0.3, 0.4) is 0 Å². The molecule has 0 amide bonds. The van der Waals surface area contributed by atoms with Crippen molar-refractivity contribution < 1.29 is 0 Å². The molecule has 0 atom stereocenters. The van der Waals surface area contributed by atoms with Gasteiger partial charge in [-0.2, -0.15) is 0 Å². The van der Waals surface area contributed by atoms with Gasteiger partial charge in [-0.25, -0.2) is 0 Å². The second-order valence-corrected chi connectivity index (χ2v) is 19.0. The maximum atomic E-state index is 2.45. The third-order valence-electron chi connectivity index (χ3n) is 14.4. The molecule has 1 heterocycles. The van der Waals surface area contributed by atoms with E-state index >= 15 is 0 Å². The Kier molecular flexibility index (Phi) is 9.22. The molecule has 0 saturated carbocycles.